The first-order valence-electron chi connectivity index (χ1n) is 10.2. The van der Waals surface area contributed by atoms with Gasteiger partial charge in [-0.3, -0.25) is 20.4 Å². The van der Waals surface area contributed by atoms with Gasteiger partial charge < -0.3 is 21.7 Å². The maximum atomic E-state index is 12.8. The highest BCUT2D eigenvalue weighted by atomic mass is 19.4. The van der Waals surface area contributed by atoms with Crippen LogP contribution in [0.4, 0.5) is 24.8 Å². The lowest BCUT2D eigenvalue weighted by Crippen LogP contribution is -2.37. The van der Waals surface area contributed by atoms with Crippen molar-refractivity contribution in [3.8, 4) is 0 Å². The number of aromatic nitrogens is 1. The van der Waals surface area contributed by atoms with Gasteiger partial charge in [-0.15, -0.1) is 0 Å². The number of rotatable bonds is 7. The average Bonchev–Trinajstić information content (AvgIpc) is 2.75. The molecule has 0 radical (unpaired) electrons. The van der Waals surface area contributed by atoms with Crippen LogP contribution in [0.5, 0.6) is 0 Å². The highest BCUT2D eigenvalue weighted by Crippen LogP contribution is 2.33. The number of nitrogens with zero attached hydrogens (tertiary/aromatic N) is 2. The summed E-state index contributed by atoms with van der Waals surface area (Å²) in [5.74, 6) is 1.21. The van der Waals surface area contributed by atoms with E-state index in [-0.39, 0.29) is 23.0 Å². The van der Waals surface area contributed by atoms with Crippen molar-refractivity contribution in [2.45, 2.75) is 19.5 Å². The van der Waals surface area contributed by atoms with Gasteiger partial charge in [0.15, 0.2) is 0 Å². The summed E-state index contributed by atoms with van der Waals surface area (Å²) in [6.45, 7) is 3.40. The summed E-state index contributed by atoms with van der Waals surface area (Å²) in [5, 5.41) is 2.53. The second-order valence-corrected chi connectivity index (χ2v) is 7.08. The Morgan fingerprint density at radius 3 is 2.35 bits per heavy atom. The summed E-state index contributed by atoms with van der Waals surface area (Å²) in [6.07, 6.45) is -0.166. The molecule has 1 aliphatic heterocycles. The first-order valence-corrected chi connectivity index (χ1v) is 10.2. The Morgan fingerprint density at radius 1 is 1.06 bits per heavy atom. The molecule has 1 aromatic heterocycles. The van der Waals surface area contributed by atoms with E-state index in [9.17, 15) is 22.8 Å². The van der Waals surface area contributed by atoms with Gasteiger partial charge >= 0.3 is 6.18 Å². The van der Waals surface area contributed by atoms with E-state index >= 15 is 0 Å². The zero-order chi connectivity index (χ0) is 25.1. The molecular weight excluding hydrogens is 451 g/mol. The molecule has 0 saturated carbocycles. The van der Waals surface area contributed by atoms with Crippen LogP contribution in [0, 0.1) is 0 Å². The zero-order valence-corrected chi connectivity index (χ0v) is 18.4. The molecule has 3 rings (SSSR count). The van der Waals surface area contributed by atoms with Crippen molar-refractivity contribution in [1.82, 2.24) is 15.8 Å². The first-order chi connectivity index (χ1) is 16.1. The number of pyridine rings is 1. The van der Waals surface area contributed by atoms with Crippen LogP contribution in [0.1, 0.15) is 24.5 Å². The molecule has 2 aromatic rings. The van der Waals surface area contributed by atoms with Gasteiger partial charge in [-0.1, -0.05) is 24.3 Å². The summed E-state index contributed by atoms with van der Waals surface area (Å²) in [5.41, 5.74) is 14.6. The van der Waals surface area contributed by atoms with E-state index in [0.717, 1.165) is 25.0 Å². The summed E-state index contributed by atoms with van der Waals surface area (Å²) in [4.78, 5) is 27.3. The van der Waals surface area contributed by atoms with Crippen LogP contribution < -0.4 is 32.5 Å². The molecule has 1 aromatic carbocycles. The van der Waals surface area contributed by atoms with Crippen LogP contribution in [-0.2, 0) is 15.8 Å². The maximum Gasteiger partial charge on any atom is 0.417 e. The molecule has 34 heavy (non-hydrogen) atoms. The number of anilines is 2. The van der Waals surface area contributed by atoms with Gasteiger partial charge in [0.25, 0.3) is 0 Å². The van der Waals surface area contributed by atoms with Crippen LogP contribution in [0.3, 0.4) is 0 Å². The lowest BCUT2D eigenvalue weighted by Gasteiger charge is -2.32. The molecule has 12 heteroatoms. The number of nitrogens with two attached hydrogens (primary N) is 2. The number of hydrazine groups is 1. The normalized spacial score (nSPS) is 13.7. The molecule has 0 bridgehead atoms. The van der Waals surface area contributed by atoms with E-state index in [2.05, 4.69) is 26.1 Å². The Balaban J connectivity index is 0.000000266. The fourth-order valence-corrected chi connectivity index (χ4v) is 2.74. The molecule has 0 spiro atoms. The minimum absolute atomic E-state index is 0.0256. The van der Waals surface area contributed by atoms with Gasteiger partial charge in [-0.05, 0) is 36.8 Å². The average molecular weight is 477 g/mol. The van der Waals surface area contributed by atoms with Gasteiger partial charge in [-0.2, -0.15) is 13.2 Å². The van der Waals surface area contributed by atoms with Crippen LogP contribution in [0.15, 0.2) is 60.4 Å². The highest BCUT2D eigenvalue weighted by molar-refractivity contribution is 5.72. The number of nitrogens with one attached hydrogen (secondary N) is 3. The number of alkyl halides is 3. The minimum atomic E-state index is -4.50. The van der Waals surface area contributed by atoms with Gasteiger partial charge in [0.05, 0.1) is 5.56 Å². The predicted molar refractivity (Wildman–Crippen MR) is 124 cm³/mol. The smallest absolute Gasteiger partial charge is 0.398 e. The molecule has 0 unspecified atom stereocenters. The van der Waals surface area contributed by atoms with E-state index in [1.54, 1.807) is 6.07 Å². The van der Waals surface area contributed by atoms with Gasteiger partial charge in [-0.25, -0.2) is 4.98 Å². The number of benzene rings is 1. The van der Waals surface area contributed by atoms with Crippen molar-refractivity contribution in [1.29, 1.82) is 0 Å². The Hall–Kier alpha value is -4.22. The van der Waals surface area contributed by atoms with Crippen LogP contribution in [-0.4, -0.2) is 30.4 Å². The fraction of sp³-hybridized carbons (Fsp3) is 0.227. The molecule has 1 saturated heterocycles. The maximum absolute atomic E-state index is 12.8. The standard InChI is InChI=1S/C13H15F3N4O.C9H11N3O/c1-8(21)19-20-12(18)7-6-11(17)9-4-2-3-5-10(9)13(14,15)16;13-7-10-8-3-1-4-9(11-8)12-5-2-6-12/h2-7,20H,17-18H2,1H3,(H,19,21);1,3-4,7H,2,5-6H2,(H,10,11,13)/b11-6-,12-7+;. The van der Waals surface area contributed by atoms with Gasteiger partial charge in [0.2, 0.25) is 12.3 Å². The molecule has 7 N–H and O–H groups in total. The van der Waals surface area contributed by atoms with Crippen molar-refractivity contribution in [2.24, 2.45) is 11.5 Å². The highest BCUT2D eigenvalue weighted by Gasteiger charge is 2.33. The van der Waals surface area contributed by atoms with E-state index in [4.69, 9.17) is 11.5 Å². The molecular formula is C22H26F3N7O2. The third-order valence-electron chi connectivity index (χ3n) is 4.49. The van der Waals surface area contributed by atoms with E-state index in [1.165, 1.54) is 43.7 Å². The summed E-state index contributed by atoms with van der Waals surface area (Å²) >= 11 is 0. The number of carbonyl (C=O) groups is 2. The van der Waals surface area contributed by atoms with E-state index in [1.807, 2.05) is 12.1 Å². The minimum Gasteiger partial charge on any atom is -0.398 e. The quantitative estimate of drug-likeness (QED) is 0.234. The molecule has 2 heterocycles. The lowest BCUT2D eigenvalue weighted by molar-refractivity contribution is -0.137. The molecule has 9 nitrogen and oxygen atoms in total. The van der Waals surface area contributed by atoms with Gasteiger partial charge in [0, 0.05) is 31.3 Å². The van der Waals surface area contributed by atoms with Crippen molar-refractivity contribution >= 4 is 29.7 Å². The van der Waals surface area contributed by atoms with Crippen LogP contribution in [0.2, 0.25) is 0 Å². The third-order valence-corrected chi connectivity index (χ3v) is 4.49. The van der Waals surface area contributed by atoms with E-state index < -0.39 is 11.7 Å². The fourth-order valence-electron chi connectivity index (χ4n) is 2.74. The number of hydrogen-bond donors (Lipinski definition) is 5. The number of carbonyl (C=O) groups excluding carboxylic acids is 2. The molecule has 1 aliphatic rings. The van der Waals surface area contributed by atoms with Crippen molar-refractivity contribution in [3.63, 3.8) is 0 Å². The first kappa shape index (κ1) is 26.0. The van der Waals surface area contributed by atoms with Crippen LogP contribution in [0.25, 0.3) is 5.70 Å². The molecule has 0 atom stereocenters. The Morgan fingerprint density at radius 2 is 1.76 bits per heavy atom. The third kappa shape index (κ3) is 8.04. The lowest BCUT2D eigenvalue weighted by atomic mass is 10.0. The second kappa shape index (κ2) is 12.1. The predicted octanol–water partition coefficient (Wildman–Crippen LogP) is 2.31. The van der Waals surface area contributed by atoms with Crippen molar-refractivity contribution < 1.29 is 22.8 Å². The van der Waals surface area contributed by atoms with Crippen molar-refractivity contribution in [2.75, 3.05) is 23.3 Å². The number of hydrogen-bond acceptors (Lipinski definition) is 7. The Labute approximate surface area is 194 Å². The van der Waals surface area contributed by atoms with E-state index in [0.29, 0.717) is 12.2 Å². The Kier molecular flexibility index (Phi) is 9.29. The SMILES string of the molecule is CC(=O)NN/C(N)=C/C=C(\N)c1ccccc1C(F)(F)F.O=CNc1cccc(N2CCC2)n1. The summed E-state index contributed by atoms with van der Waals surface area (Å²) in [6, 6.07) is 10.6. The Bertz CT molecular complexity index is 1050. The largest absolute Gasteiger partial charge is 0.417 e. The number of allylic oxidation sites excluding steroid dienone is 2. The molecule has 182 valence electrons. The van der Waals surface area contributed by atoms with Gasteiger partial charge in [0.1, 0.15) is 17.5 Å². The topological polar surface area (TPSA) is 138 Å². The monoisotopic (exact) mass is 477 g/mol. The number of amides is 2. The zero-order valence-electron chi connectivity index (χ0n) is 18.4. The molecule has 2 amide bonds. The van der Waals surface area contributed by atoms with Crippen LogP contribution >= 0.6 is 0 Å². The summed E-state index contributed by atoms with van der Waals surface area (Å²) in [7, 11) is 0. The molecule has 1 fully saturated rings. The van der Waals surface area contributed by atoms with Crippen molar-refractivity contribution in [3.05, 3.63) is 71.6 Å². The molecule has 0 aliphatic carbocycles. The number of halogens is 3. The second-order valence-electron chi connectivity index (χ2n) is 7.08. The summed E-state index contributed by atoms with van der Waals surface area (Å²) < 4.78 is 38.5.